The van der Waals surface area contributed by atoms with E-state index in [4.69, 9.17) is 4.74 Å². The van der Waals surface area contributed by atoms with Crippen molar-refractivity contribution in [2.75, 3.05) is 24.9 Å². The molecule has 0 amide bonds. The van der Waals surface area contributed by atoms with Crippen LogP contribution < -0.4 is 0 Å². The number of hydrogen-bond acceptors (Lipinski definition) is 5. The lowest BCUT2D eigenvalue weighted by atomic mass is 9.96. The molecule has 3 heterocycles. The average molecular weight is 426 g/mol. The minimum Gasteiger partial charge on any atom is -0.356 e. The third-order valence-corrected chi connectivity index (χ3v) is 6.86. The summed E-state index contributed by atoms with van der Waals surface area (Å²) in [4.78, 5) is 9.02. The van der Waals surface area contributed by atoms with Gasteiger partial charge in [0.2, 0.25) is 0 Å². The number of hydrogen-bond donors (Lipinski definition) is 0. The molecule has 0 saturated heterocycles. The van der Waals surface area contributed by atoms with Crippen LogP contribution in [0.1, 0.15) is 38.1 Å². The van der Waals surface area contributed by atoms with Gasteiger partial charge in [-0.25, -0.2) is 9.97 Å². The lowest BCUT2D eigenvalue weighted by Crippen LogP contribution is -2.17. The minimum absolute atomic E-state index is 0.142. The van der Waals surface area contributed by atoms with Crippen molar-refractivity contribution in [3.8, 4) is 17.3 Å². The van der Waals surface area contributed by atoms with Crippen LogP contribution in [0.2, 0.25) is 0 Å². The maximum Gasteiger partial charge on any atom is 0.145 e. The van der Waals surface area contributed by atoms with Crippen LogP contribution >= 0.6 is 0 Å². The standard InChI is InChI=1S/C22H29N6OS/c1-30(2)12-11-29-16-27-10-8-19-21(24-15-25-22(19)27)18-13-26-28(14-18)20(7-9-23)17-5-3-4-6-17/h8,10,13-15,17,20H,3-7,11-12,16H2,1-2H3/q+1. The summed E-state index contributed by atoms with van der Waals surface area (Å²) in [7, 11) is 0.387. The Morgan fingerprint density at radius 2 is 2.13 bits per heavy atom. The fourth-order valence-electron chi connectivity index (χ4n) is 4.28. The molecule has 0 bridgehead atoms. The summed E-state index contributed by atoms with van der Waals surface area (Å²) < 4.78 is 9.83. The highest BCUT2D eigenvalue weighted by Crippen LogP contribution is 2.36. The van der Waals surface area contributed by atoms with Gasteiger partial charge < -0.3 is 9.30 Å². The van der Waals surface area contributed by atoms with Gasteiger partial charge in [-0.1, -0.05) is 12.8 Å². The van der Waals surface area contributed by atoms with Gasteiger partial charge in [0, 0.05) is 23.3 Å². The van der Waals surface area contributed by atoms with Crippen molar-refractivity contribution >= 4 is 21.9 Å². The third-order valence-electron chi connectivity index (χ3n) is 5.88. The normalized spacial score (nSPS) is 15.8. The molecular formula is C22H29N6OS+. The summed E-state index contributed by atoms with van der Waals surface area (Å²) in [5, 5.41) is 14.9. The molecule has 3 aromatic rings. The average Bonchev–Trinajstić information content (AvgIpc) is 3.50. The summed E-state index contributed by atoms with van der Waals surface area (Å²) >= 11 is 0. The quantitative estimate of drug-likeness (QED) is 0.385. The largest absolute Gasteiger partial charge is 0.356 e. The molecule has 0 aliphatic heterocycles. The predicted molar refractivity (Wildman–Crippen MR) is 120 cm³/mol. The summed E-state index contributed by atoms with van der Waals surface area (Å²) in [6.45, 7) is 1.24. The number of fused-ring (bicyclic) bond motifs is 1. The van der Waals surface area contributed by atoms with Crippen LogP contribution in [0.3, 0.4) is 0 Å². The van der Waals surface area contributed by atoms with Crippen molar-refractivity contribution in [2.24, 2.45) is 5.92 Å². The van der Waals surface area contributed by atoms with Gasteiger partial charge >= 0.3 is 0 Å². The summed E-state index contributed by atoms with van der Waals surface area (Å²) in [6.07, 6.45) is 17.3. The van der Waals surface area contributed by atoms with Crippen LogP contribution in [0.15, 0.2) is 31.0 Å². The highest BCUT2D eigenvalue weighted by atomic mass is 32.2. The van der Waals surface area contributed by atoms with E-state index in [2.05, 4.69) is 33.6 Å². The summed E-state index contributed by atoms with van der Waals surface area (Å²) in [5.74, 6) is 1.61. The highest BCUT2D eigenvalue weighted by molar-refractivity contribution is 7.95. The van der Waals surface area contributed by atoms with Crippen LogP contribution in [0, 0.1) is 17.2 Å². The number of rotatable bonds is 9. The fraction of sp³-hybridized carbons (Fsp3) is 0.545. The Balaban J connectivity index is 1.56. The second-order valence-corrected chi connectivity index (χ2v) is 10.5. The van der Waals surface area contributed by atoms with Gasteiger partial charge in [-0.05, 0) is 35.7 Å². The Morgan fingerprint density at radius 3 is 2.90 bits per heavy atom. The van der Waals surface area contributed by atoms with Gasteiger partial charge in [-0.3, -0.25) is 4.68 Å². The lowest BCUT2D eigenvalue weighted by Gasteiger charge is -2.21. The van der Waals surface area contributed by atoms with Gasteiger partial charge in [-0.15, -0.1) is 0 Å². The Bertz CT molecular complexity index is 1010. The molecule has 158 valence electrons. The number of nitrogens with zero attached hydrogens (tertiary/aromatic N) is 6. The van der Waals surface area contributed by atoms with E-state index >= 15 is 0 Å². The molecule has 1 saturated carbocycles. The molecule has 8 heteroatoms. The molecule has 30 heavy (non-hydrogen) atoms. The Hall–Kier alpha value is -2.37. The number of nitriles is 1. The molecule has 0 N–H and O–H groups in total. The zero-order valence-electron chi connectivity index (χ0n) is 17.7. The zero-order valence-corrected chi connectivity index (χ0v) is 18.5. The van der Waals surface area contributed by atoms with Crippen LogP contribution in [-0.2, 0) is 22.4 Å². The van der Waals surface area contributed by atoms with Gasteiger partial charge in [0.25, 0.3) is 0 Å². The molecule has 1 atom stereocenters. The van der Waals surface area contributed by atoms with E-state index in [0.29, 0.717) is 30.0 Å². The van der Waals surface area contributed by atoms with Crippen molar-refractivity contribution in [3.05, 3.63) is 31.0 Å². The lowest BCUT2D eigenvalue weighted by molar-refractivity contribution is 0.0924. The van der Waals surface area contributed by atoms with E-state index in [-0.39, 0.29) is 6.04 Å². The van der Waals surface area contributed by atoms with Crippen molar-refractivity contribution in [3.63, 3.8) is 0 Å². The van der Waals surface area contributed by atoms with Gasteiger partial charge in [0.15, 0.2) is 0 Å². The Kier molecular flexibility index (Phi) is 6.70. The second-order valence-electron chi connectivity index (χ2n) is 8.16. The Morgan fingerprint density at radius 1 is 1.30 bits per heavy atom. The number of ether oxygens (including phenoxy) is 1. The first-order valence-electron chi connectivity index (χ1n) is 10.5. The molecule has 4 rings (SSSR count). The molecule has 0 radical (unpaired) electrons. The minimum atomic E-state index is 0.142. The van der Waals surface area contributed by atoms with E-state index in [9.17, 15) is 5.26 Å². The van der Waals surface area contributed by atoms with Crippen molar-refractivity contribution in [1.29, 1.82) is 5.26 Å². The van der Waals surface area contributed by atoms with Gasteiger partial charge in [0.05, 0.1) is 49.5 Å². The van der Waals surface area contributed by atoms with E-state index in [1.165, 1.54) is 25.7 Å². The van der Waals surface area contributed by atoms with Crippen molar-refractivity contribution < 1.29 is 4.74 Å². The van der Waals surface area contributed by atoms with Crippen LogP contribution in [-0.4, -0.2) is 49.2 Å². The van der Waals surface area contributed by atoms with Crippen LogP contribution in [0.4, 0.5) is 0 Å². The molecule has 0 spiro atoms. The molecule has 3 aromatic heterocycles. The highest BCUT2D eigenvalue weighted by Gasteiger charge is 2.27. The summed E-state index contributed by atoms with van der Waals surface area (Å²) in [5.41, 5.74) is 2.70. The predicted octanol–water partition coefficient (Wildman–Crippen LogP) is 3.79. The molecule has 1 unspecified atom stereocenters. The second kappa shape index (κ2) is 9.63. The fourth-order valence-corrected chi connectivity index (χ4v) is 4.73. The van der Waals surface area contributed by atoms with Crippen LogP contribution in [0.5, 0.6) is 0 Å². The first kappa shape index (κ1) is 20.9. The Labute approximate surface area is 180 Å². The van der Waals surface area contributed by atoms with Crippen molar-refractivity contribution in [1.82, 2.24) is 24.3 Å². The van der Waals surface area contributed by atoms with Gasteiger partial charge in [-0.2, -0.15) is 10.4 Å². The summed E-state index contributed by atoms with van der Waals surface area (Å²) in [6, 6.07) is 4.54. The molecule has 1 fully saturated rings. The molecule has 1 aliphatic carbocycles. The third kappa shape index (κ3) is 4.52. The molecule has 7 nitrogen and oxygen atoms in total. The maximum atomic E-state index is 9.32. The monoisotopic (exact) mass is 425 g/mol. The topological polar surface area (TPSA) is 81.5 Å². The van der Waals surface area contributed by atoms with E-state index in [1.807, 2.05) is 33.9 Å². The smallest absolute Gasteiger partial charge is 0.145 e. The SMILES string of the molecule is C[S+](C)CCOCn1ccc2c(-c3cnn(C(CC#N)C4CCCC4)c3)ncnc21. The first-order chi connectivity index (χ1) is 14.7. The maximum absolute atomic E-state index is 9.32. The zero-order chi connectivity index (χ0) is 20.9. The first-order valence-corrected chi connectivity index (χ1v) is 12.7. The van der Waals surface area contributed by atoms with Crippen LogP contribution in [0.25, 0.3) is 22.3 Å². The molecule has 1 aliphatic rings. The van der Waals surface area contributed by atoms with Crippen molar-refractivity contribution in [2.45, 2.75) is 44.9 Å². The van der Waals surface area contributed by atoms with E-state index in [0.717, 1.165) is 34.7 Å². The molecular weight excluding hydrogens is 396 g/mol. The number of aromatic nitrogens is 5. The van der Waals surface area contributed by atoms with E-state index < -0.39 is 0 Å². The molecule has 0 aromatic carbocycles. The van der Waals surface area contributed by atoms with Gasteiger partial charge in [0.1, 0.15) is 24.5 Å². The van der Waals surface area contributed by atoms with E-state index in [1.54, 1.807) is 6.33 Å².